The second-order valence-electron chi connectivity index (χ2n) is 8.27. The number of fused-ring (bicyclic) bond motifs is 1. The third-order valence-corrected chi connectivity index (χ3v) is 6.31. The minimum Gasteiger partial charge on any atom is -0.496 e. The number of rotatable bonds is 6. The number of ether oxygens (including phenoxy) is 2. The van der Waals surface area contributed by atoms with Crippen molar-refractivity contribution in [1.82, 2.24) is 9.66 Å². The van der Waals surface area contributed by atoms with Crippen LogP contribution in [0.15, 0.2) is 69.0 Å². The average molecular weight is 520 g/mol. The predicted molar refractivity (Wildman–Crippen MR) is 141 cm³/mol. The molecule has 4 rings (SSSR count). The van der Waals surface area contributed by atoms with Crippen LogP contribution in [0.1, 0.15) is 36.5 Å². The molecule has 0 radical (unpaired) electrons. The first-order valence-electron chi connectivity index (χ1n) is 10.9. The van der Waals surface area contributed by atoms with Crippen LogP contribution < -0.4 is 15.0 Å². The van der Waals surface area contributed by atoms with Gasteiger partial charge in [-0.25, -0.2) is 4.98 Å². The summed E-state index contributed by atoms with van der Waals surface area (Å²) in [5, 5.41) is 5.09. The first kappa shape index (κ1) is 23.7. The minimum absolute atomic E-state index is 0.231. The van der Waals surface area contributed by atoms with E-state index >= 15 is 0 Å². The Kier molecular flexibility index (Phi) is 6.84. The molecule has 0 fully saturated rings. The molecule has 0 aliphatic rings. The molecule has 1 aromatic heterocycles. The second-order valence-corrected chi connectivity index (χ2v) is 9.13. The summed E-state index contributed by atoms with van der Waals surface area (Å²) in [6.45, 7) is 6.20. The Balaban J connectivity index is 1.96. The van der Waals surface area contributed by atoms with Gasteiger partial charge in [-0.3, -0.25) is 4.79 Å². The fourth-order valence-electron chi connectivity index (χ4n) is 3.86. The average Bonchev–Trinajstić information content (AvgIpc) is 2.83. The first-order valence-corrected chi connectivity index (χ1v) is 11.7. The van der Waals surface area contributed by atoms with Crippen LogP contribution in [0.4, 0.5) is 0 Å². The standard InChI is InChI=1S/C27H26BrN3O3/c1-16(2)20-14-21(17(3)12-25(20)34-5)26-30-23-9-7-6-8-19(23)27(32)31(26)29-15-18-10-11-24(33-4)22(28)13-18/h6-16H,1-5H3. The van der Waals surface area contributed by atoms with Gasteiger partial charge in [0.25, 0.3) is 5.56 Å². The highest BCUT2D eigenvalue weighted by atomic mass is 79.9. The summed E-state index contributed by atoms with van der Waals surface area (Å²) in [5.41, 5.74) is 4.03. The highest BCUT2D eigenvalue weighted by Crippen LogP contribution is 2.34. The molecule has 34 heavy (non-hydrogen) atoms. The van der Waals surface area contributed by atoms with Gasteiger partial charge in [0.1, 0.15) is 11.5 Å². The molecule has 4 aromatic rings. The quantitative estimate of drug-likeness (QED) is 0.286. The number of hydrogen-bond acceptors (Lipinski definition) is 5. The van der Waals surface area contributed by atoms with Gasteiger partial charge in [0.05, 0.1) is 35.8 Å². The Bertz CT molecular complexity index is 1460. The number of benzene rings is 3. The monoisotopic (exact) mass is 519 g/mol. The van der Waals surface area contributed by atoms with Gasteiger partial charge in [-0.1, -0.05) is 26.0 Å². The third-order valence-electron chi connectivity index (χ3n) is 5.69. The number of hydrogen-bond donors (Lipinski definition) is 0. The van der Waals surface area contributed by atoms with E-state index in [0.717, 1.165) is 38.2 Å². The van der Waals surface area contributed by atoms with Gasteiger partial charge in [-0.15, -0.1) is 0 Å². The van der Waals surface area contributed by atoms with E-state index < -0.39 is 0 Å². The SMILES string of the molecule is COc1ccc(C=Nn2c(-c3cc(C(C)C)c(OC)cc3C)nc3ccccc3c2=O)cc1Br. The van der Waals surface area contributed by atoms with Crippen LogP contribution in [0.3, 0.4) is 0 Å². The van der Waals surface area contributed by atoms with Crippen LogP contribution in [0.2, 0.25) is 0 Å². The Labute approximate surface area is 207 Å². The van der Waals surface area contributed by atoms with Crippen molar-refractivity contribution in [3.8, 4) is 22.9 Å². The van der Waals surface area contributed by atoms with Crippen molar-refractivity contribution in [2.24, 2.45) is 5.10 Å². The molecule has 0 spiro atoms. The molecule has 3 aromatic carbocycles. The van der Waals surface area contributed by atoms with Crippen LogP contribution in [0.25, 0.3) is 22.3 Å². The summed E-state index contributed by atoms with van der Waals surface area (Å²) in [5.74, 6) is 2.25. The number of halogens is 1. The van der Waals surface area contributed by atoms with Gasteiger partial charge >= 0.3 is 0 Å². The molecule has 7 heteroatoms. The molecule has 0 bridgehead atoms. The van der Waals surface area contributed by atoms with Crippen molar-refractivity contribution < 1.29 is 9.47 Å². The van der Waals surface area contributed by atoms with E-state index in [1.807, 2.05) is 55.5 Å². The zero-order valence-corrected chi connectivity index (χ0v) is 21.4. The lowest BCUT2D eigenvalue weighted by atomic mass is 9.96. The molecule has 0 saturated carbocycles. The summed E-state index contributed by atoms with van der Waals surface area (Å²) in [6, 6.07) is 17.0. The highest BCUT2D eigenvalue weighted by Gasteiger charge is 2.18. The lowest BCUT2D eigenvalue weighted by Crippen LogP contribution is -2.20. The maximum Gasteiger partial charge on any atom is 0.282 e. The summed E-state index contributed by atoms with van der Waals surface area (Å²) in [4.78, 5) is 18.4. The fraction of sp³-hybridized carbons (Fsp3) is 0.222. The smallest absolute Gasteiger partial charge is 0.282 e. The number of para-hydroxylation sites is 1. The third kappa shape index (κ3) is 4.48. The van der Waals surface area contributed by atoms with Crippen LogP contribution in [0.5, 0.6) is 11.5 Å². The lowest BCUT2D eigenvalue weighted by molar-refractivity contribution is 0.407. The summed E-state index contributed by atoms with van der Waals surface area (Å²) >= 11 is 3.50. The van der Waals surface area contributed by atoms with Crippen molar-refractivity contribution in [2.45, 2.75) is 26.7 Å². The molecular formula is C27H26BrN3O3. The molecular weight excluding hydrogens is 494 g/mol. The molecule has 0 aliphatic heterocycles. The van der Waals surface area contributed by atoms with Crippen molar-refractivity contribution in [3.05, 3.63) is 86.1 Å². The number of aromatic nitrogens is 2. The van der Waals surface area contributed by atoms with Gasteiger partial charge in [-0.05, 0) is 87.9 Å². The normalized spacial score (nSPS) is 11.5. The Morgan fingerprint density at radius 3 is 2.44 bits per heavy atom. The first-order chi connectivity index (χ1) is 16.3. The van der Waals surface area contributed by atoms with E-state index in [1.54, 1.807) is 26.5 Å². The Hall–Kier alpha value is -3.45. The highest BCUT2D eigenvalue weighted by molar-refractivity contribution is 9.10. The minimum atomic E-state index is -0.231. The van der Waals surface area contributed by atoms with Crippen LogP contribution in [-0.4, -0.2) is 30.1 Å². The molecule has 1 heterocycles. The van der Waals surface area contributed by atoms with Crippen LogP contribution in [0, 0.1) is 6.92 Å². The molecule has 0 saturated heterocycles. The maximum atomic E-state index is 13.5. The van der Waals surface area contributed by atoms with E-state index in [0.29, 0.717) is 16.7 Å². The lowest BCUT2D eigenvalue weighted by Gasteiger charge is -2.17. The van der Waals surface area contributed by atoms with Crippen molar-refractivity contribution in [1.29, 1.82) is 0 Å². The van der Waals surface area contributed by atoms with E-state index in [9.17, 15) is 4.79 Å². The van der Waals surface area contributed by atoms with E-state index in [-0.39, 0.29) is 11.5 Å². The fourth-order valence-corrected chi connectivity index (χ4v) is 4.42. The van der Waals surface area contributed by atoms with Crippen molar-refractivity contribution >= 4 is 33.0 Å². The molecule has 174 valence electrons. The predicted octanol–water partition coefficient (Wildman–Crippen LogP) is 6.16. The van der Waals surface area contributed by atoms with Crippen LogP contribution >= 0.6 is 15.9 Å². The molecule has 0 amide bonds. The van der Waals surface area contributed by atoms with E-state index in [4.69, 9.17) is 14.5 Å². The van der Waals surface area contributed by atoms with Gasteiger partial charge in [0.15, 0.2) is 5.82 Å². The summed E-state index contributed by atoms with van der Waals surface area (Å²) in [6.07, 6.45) is 1.65. The van der Waals surface area contributed by atoms with Gasteiger partial charge in [0.2, 0.25) is 0 Å². The molecule has 0 atom stereocenters. The maximum absolute atomic E-state index is 13.5. The molecule has 0 unspecified atom stereocenters. The van der Waals surface area contributed by atoms with Crippen molar-refractivity contribution in [3.63, 3.8) is 0 Å². The summed E-state index contributed by atoms with van der Waals surface area (Å²) < 4.78 is 13.1. The van der Waals surface area contributed by atoms with E-state index in [2.05, 4.69) is 34.9 Å². The molecule has 6 nitrogen and oxygen atoms in total. The van der Waals surface area contributed by atoms with Gasteiger partial charge < -0.3 is 9.47 Å². The second kappa shape index (κ2) is 9.81. The molecule has 0 aliphatic carbocycles. The Morgan fingerprint density at radius 2 is 1.76 bits per heavy atom. The van der Waals surface area contributed by atoms with E-state index in [1.165, 1.54) is 4.68 Å². The zero-order valence-electron chi connectivity index (χ0n) is 19.8. The van der Waals surface area contributed by atoms with Crippen LogP contribution in [-0.2, 0) is 0 Å². The van der Waals surface area contributed by atoms with Gasteiger partial charge in [0, 0.05) is 5.56 Å². The molecule has 0 N–H and O–H groups in total. The Morgan fingerprint density at radius 1 is 1.03 bits per heavy atom. The topological polar surface area (TPSA) is 65.7 Å². The largest absolute Gasteiger partial charge is 0.496 e. The summed E-state index contributed by atoms with van der Waals surface area (Å²) in [7, 11) is 3.28. The van der Waals surface area contributed by atoms with Crippen molar-refractivity contribution in [2.75, 3.05) is 14.2 Å². The number of nitrogens with zero attached hydrogens (tertiary/aromatic N) is 3. The number of methoxy groups -OCH3 is 2. The zero-order chi connectivity index (χ0) is 24.4. The van der Waals surface area contributed by atoms with Gasteiger partial charge in [-0.2, -0.15) is 9.78 Å². The number of aryl methyl sites for hydroxylation is 1.